The van der Waals surface area contributed by atoms with E-state index >= 15 is 0 Å². The zero-order valence-electron chi connectivity index (χ0n) is 9.06. The molecule has 0 radical (unpaired) electrons. The largest absolute Gasteiger partial charge is 0.440 e. The highest BCUT2D eigenvalue weighted by molar-refractivity contribution is 9.10. The van der Waals surface area contributed by atoms with Gasteiger partial charge in [-0.2, -0.15) is 0 Å². The molecule has 0 aliphatic rings. The standard InChI is InChI=1S/C14H10BrNO/c15-11-6-7-13-12(9-11)16-14(17-13)8-10-4-2-1-3-5-10/h1-7,9H,8H2. The molecule has 3 heteroatoms. The average Bonchev–Trinajstić information content (AvgIpc) is 2.71. The minimum Gasteiger partial charge on any atom is -0.440 e. The van der Waals surface area contributed by atoms with Gasteiger partial charge in [-0.3, -0.25) is 0 Å². The van der Waals surface area contributed by atoms with Crippen LogP contribution in [0, 0.1) is 0 Å². The molecule has 0 spiro atoms. The van der Waals surface area contributed by atoms with Crippen LogP contribution < -0.4 is 0 Å². The molecule has 0 saturated heterocycles. The SMILES string of the molecule is Brc1ccc2oc(Cc3ccccc3)nc2c1. The van der Waals surface area contributed by atoms with Gasteiger partial charge in [0.25, 0.3) is 0 Å². The van der Waals surface area contributed by atoms with Crippen LogP contribution in [0.1, 0.15) is 11.5 Å². The van der Waals surface area contributed by atoms with Gasteiger partial charge in [-0.15, -0.1) is 0 Å². The van der Waals surface area contributed by atoms with Gasteiger partial charge < -0.3 is 4.42 Å². The number of aromatic nitrogens is 1. The van der Waals surface area contributed by atoms with Crippen LogP contribution in [0.15, 0.2) is 57.4 Å². The van der Waals surface area contributed by atoms with Crippen LogP contribution in [0.25, 0.3) is 11.1 Å². The van der Waals surface area contributed by atoms with Crippen LogP contribution in [-0.4, -0.2) is 4.98 Å². The third-order valence-corrected chi connectivity index (χ3v) is 3.09. The van der Waals surface area contributed by atoms with Crippen molar-refractivity contribution in [3.63, 3.8) is 0 Å². The van der Waals surface area contributed by atoms with E-state index in [9.17, 15) is 0 Å². The number of hydrogen-bond donors (Lipinski definition) is 0. The third kappa shape index (κ3) is 2.24. The van der Waals surface area contributed by atoms with Crippen molar-refractivity contribution in [1.82, 2.24) is 4.98 Å². The summed E-state index contributed by atoms with van der Waals surface area (Å²) in [4.78, 5) is 4.47. The average molecular weight is 288 g/mol. The fraction of sp³-hybridized carbons (Fsp3) is 0.0714. The van der Waals surface area contributed by atoms with E-state index in [1.54, 1.807) is 0 Å². The third-order valence-electron chi connectivity index (χ3n) is 2.59. The number of halogens is 1. The van der Waals surface area contributed by atoms with Crippen molar-refractivity contribution in [2.45, 2.75) is 6.42 Å². The van der Waals surface area contributed by atoms with Gasteiger partial charge >= 0.3 is 0 Å². The number of oxazole rings is 1. The lowest BCUT2D eigenvalue weighted by atomic mass is 10.1. The Balaban J connectivity index is 1.96. The highest BCUT2D eigenvalue weighted by Crippen LogP contribution is 2.21. The monoisotopic (exact) mass is 287 g/mol. The van der Waals surface area contributed by atoms with Gasteiger partial charge in [-0.25, -0.2) is 4.98 Å². The van der Waals surface area contributed by atoms with Crippen molar-refractivity contribution in [3.05, 3.63) is 64.5 Å². The number of rotatable bonds is 2. The molecule has 0 saturated carbocycles. The molecule has 3 rings (SSSR count). The van der Waals surface area contributed by atoms with E-state index in [0.717, 1.165) is 27.9 Å². The van der Waals surface area contributed by atoms with Crippen LogP contribution in [0.4, 0.5) is 0 Å². The molecule has 2 nitrogen and oxygen atoms in total. The Labute approximate surface area is 107 Å². The Morgan fingerprint density at radius 1 is 1.06 bits per heavy atom. The summed E-state index contributed by atoms with van der Waals surface area (Å²) in [7, 11) is 0. The fourth-order valence-corrected chi connectivity index (χ4v) is 2.14. The van der Waals surface area contributed by atoms with Crippen molar-refractivity contribution in [3.8, 4) is 0 Å². The van der Waals surface area contributed by atoms with Crippen LogP contribution in [0.5, 0.6) is 0 Å². The van der Waals surface area contributed by atoms with Crippen molar-refractivity contribution in [1.29, 1.82) is 0 Å². The smallest absolute Gasteiger partial charge is 0.199 e. The Kier molecular flexibility index (Phi) is 2.69. The first kappa shape index (κ1) is 10.5. The number of benzene rings is 2. The molecule has 0 amide bonds. The summed E-state index contributed by atoms with van der Waals surface area (Å²) in [6, 6.07) is 16.1. The minimum atomic E-state index is 0.729. The lowest BCUT2D eigenvalue weighted by Crippen LogP contribution is -1.86. The maximum atomic E-state index is 5.70. The summed E-state index contributed by atoms with van der Waals surface area (Å²) in [6.45, 7) is 0. The molecule has 1 aromatic heterocycles. The molecule has 0 bridgehead atoms. The summed E-state index contributed by atoms with van der Waals surface area (Å²) in [5.41, 5.74) is 2.93. The van der Waals surface area contributed by atoms with Gasteiger partial charge in [0.2, 0.25) is 0 Å². The predicted molar refractivity (Wildman–Crippen MR) is 71.0 cm³/mol. The van der Waals surface area contributed by atoms with Crippen molar-refractivity contribution in [2.75, 3.05) is 0 Å². The fourth-order valence-electron chi connectivity index (χ4n) is 1.79. The summed E-state index contributed by atoms with van der Waals surface area (Å²) in [5, 5.41) is 0. The van der Waals surface area contributed by atoms with Crippen molar-refractivity contribution >= 4 is 27.0 Å². The molecule has 0 N–H and O–H groups in total. The predicted octanol–water partition coefficient (Wildman–Crippen LogP) is 4.18. The van der Waals surface area contributed by atoms with Gasteiger partial charge in [-0.1, -0.05) is 46.3 Å². The van der Waals surface area contributed by atoms with E-state index < -0.39 is 0 Å². The summed E-state index contributed by atoms with van der Waals surface area (Å²) < 4.78 is 6.71. The molecular weight excluding hydrogens is 278 g/mol. The lowest BCUT2D eigenvalue weighted by Gasteiger charge is -1.94. The Bertz CT molecular complexity index is 646. The zero-order valence-corrected chi connectivity index (χ0v) is 10.6. The lowest BCUT2D eigenvalue weighted by molar-refractivity contribution is 0.544. The quantitative estimate of drug-likeness (QED) is 0.707. The van der Waals surface area contributed by atoms with Crippen molar-refractivity contribution in [2.24, 2.45) is 0 Å². The second kappa shape index (κ2) is 4.34. The number of fused-ring (bicyclic) bond motifs is 1. The maximum Gasteiger partial charge on any atom is 0.199 e. The molecule has 0 unspecified atom stereocenters. The molecular formula is C14H10BrNO. The normalized spacial score (nSPS) is 10.9. The van der Waals surface area contributed by atoms with E-state index in [0.29, 0.717) is 0 Å². The molecule has 0 atom stereocenters. The molecule has 0 fully saturated rings. The Morgan fingerprint density at radius 3 is 2.71 bits per heavy atom. The number of nitrogens with zero attached hydrogens (tertiary/aromatic N) is 1. The van der Waals surface area contributed by atoms with E-state index in [-0.39, 0.29) is 0 Å². The van der Waals surface area contributed by atoms with Crippen LogP contribution in [0.3, 0.4) is 0 Å². The van der Waals surface area contributed by atoms with Crippen molar-refractivity contribution < 1.29 is 4.42 Å². The van der Waals surface area contributed by atoms with E-state index in [2.05, 4.69) is 33.0 Å². The second-order valence-electron chi connectivity index (χ2n) is 3.88. The van der Waals surface area contributed by atoms with Gasteiger partial charge in [0, 0.05) is 10.9 Å². The topological polar surface area (TPSA) is 26.0 Å². The van der Waals surface area contributed by atoms with Crippen LogP contribution >= 0.6 is 15.9 Å². The summed E-state index contributed by atoms with van der Waals surface area (Å²) >= 11 is 3.43. The molecule has 17 heavy (non-hydrogen) atoms. The first-order valence-electron chi connectivity index (χ1n) is 5.40. The Hall–Kier alpha value is -1.61. The van der Waals surface area contributed by atoms with E-state index in [4.69, 9.17) is 4.42 Å². The second-order valence-corrected chi connectivity index (χ2v) is 4.80. The first-order valence-corrected chi connectivity index (χ1v) is 6.19. The molecule has 3 aromatic rings. The molecule has 2 aromatic carbocycles. The zero-order chi connectivity index (χ0) is 11.7. The number of hydrogen-bond acceptors (Lipinski definition) is 2. The molecule has 1 heterocycles. The summed E-state index contributed by atoms with van der Waals surface area (Å²) in [5.74, 6) is 0.754. The molecule has 0 aliphatic carbocycles. The van der Waals surface area contributed by atoms with Gasteiger partial charge in [-0.05, 0) is 23.8 Å². The van der Waals surface area contributed by atoms with Gasteiger partial charge in [0.1, 0.15) is 5.52 Å². The molecule has 0 aliphatic heterocycles. The maximum absolute atomic E-state index is 5.70. The van der Waals surface area contributed by atoms with Crippen LogP contribution in [-0.2, 0) is 6.42 Å². The van der Waals surface area contributed by atoms with E-state index in [1.807, 2.05) is 36.4 Å². The highest BCUT2D eigenvalue weighted by atomic mass is 79.9. The van der Waals surface area contributed by atoms with E-state index in [1.165, 1.54) is 5.56 Å². The summed E-state index contributed by atoms with van der Waals surface area (Å²) in [6.07, 6.45) is 0.729. The van der Waals surface area contributed by atoms with Gasteiger partial charge in [0.05, 0.1) is 0 Å². The first-order chi connectivity index (χ1) is 8.31. The Morgan fingerprint density at radius 2 is 1.88 bits per heavy atom. The molecule has 84 valence electrons. The van der Waals surface area contributed by atoms with Gasteiger partial charge in [0.15, 0.2) is 11.5 Å². The van der Waals surface area contributed by atoms with Crippen LogP contribution in [0.2, 0.25) is 0 Å². The minimum absolute atomic E-state index is 0.729. The highest BCUT2D eigenvalue weighted by Gasteiger charge is 2.06.